The minimum absolute atomic E-state index is 0.0765. The molecular weight excluding hydrogens is 253 g/mol. The van der Waals surface area contributed by atoms with Crippen molar-refractivity contribution >= 4 is 11.0 Å². The standard InChI is InChI=1S/C17H22FNO/c18-14-7-9-16-13(10-14)11-17(20-16)15(19)8-6-12-4-2-1-3-5-12/h7,9-12,15H,1-6,8,19H2. The SMILES string of the molecule is NC(CCC1CCCCC1)c1cc2cc(F)ccc2o1. The zero-order chi connectivity index (χ0) is 13.9. The molecule has 1 aromatic carbocycles. The average Bonchev–Trinajstić information content (AvgIpc) is 2.89. The highest BCUT2D eigenvalue weighted by molar-refractivity contribution is 5.77. The molecule has 0 spiro atoms. The van der Waals surface area contributed by atoms with E-state index in [1.165, 1.54) is 50.7 Å². The number of benzene rings is 1. The zero-order valence-corrected chi connectivity index (χ0v) is 11.8. The molecule has 1 heterocycles. The first-order valence-electron chi connectivity index (χ1n) is 7.67. The van der Waals surface area contributed by atoms with E-state index in [1.807, 2.05) is 6.07 Å². The number of fused-ring (bicyclic) bond motifs is 1. The summed E-state index contributed by atoms with van der Waals surface area (Å²) < 4.78 is 18.9. The summed E-state index contributed by atoms with van der Waals surface area (Å²) in [6, 6.07) is 6.39. The quantitative estimate of drug-likeness (QED) is 0.859. The van der Waals surface area contributed by atoms with Crippen LogP contribution < -0.4 is 5.73 Å². The Kier molecular flexibility index (Phi) is 4.06. The van der Waals surface area contributed by atoms with Gasteiger partial charge in [0, 0.05) is 5.39 Å². The number of furan rings is 1. The summed E-state index contributed by atoms with van der Waals surface area (Å²) >= 11 is 0. The highest BCUT2D eigenvalue weighted by Crippen LogP contribution is 2.31. The molecule has 2 nitrogen and oxygen atoms in total. The van der Waals surface area contributed by atoms with E-state index >= 15 is 0 Å². The van der Waals surface area contributed by atoms with Gasteiger partial charge in [0.15, 0.2) is 0 Å². The fraction of sp³-hybridized carbons (Fsp3) is 0.529. The molecule has 1 unspecified atom stereocenters. The van der Waals surface area contributed by atoms with Crippen molar-refractivity contribution < 1.29 is 8.81 Å². The van der Waals surface area contributed by atoms with Gasteiger partial charge < -0.3 is 10.2 Å². The van der Waals surface area contributed by atoms with Gasteiger partial charge in [0.05, 0.1) is 6.04 Å². The first-order chi connectivity index (χ1) is 9.72. The number of halogens is 1. The lowest BCUT2D eigenvalue weighted by atomic mass is 9.85. The lowest BCUT2D eigenvalue weighted by molar-refractivity contribution is 0.317. The Morgan fingerprint density at radius 2 is 2.00 bits per heavy atom. The van der Waals surface area contributed by atoms with Crippen LogP contribution in [0.5, 0.6) is 0 Å². The van der Waals surface area contributed by atoms with Crippen LogP contribution >= 0.6 is 0 Å². The van der Waals surface area contributed by atoms with E-state index in [2.05, 4.69) is 0 Å². The van der Waals surface area contributed by atoms with Gasteiger partial charge in [-0.05, 0) is 43.0 Å². The fourth-order valence-electron chi connectivity index (χ4n) is 3.25. The first kappa shape index (κ1) is 13.6. The van der Waals surface area contributed by atoms with Crippen LogP contribution in [0.4, 0.5) is 4.39 Å². The molecule has 2 aromatic rings. The minimum Gasteiger partial charge on any atom is -0.459 e. The van der Waals surface area contributed by atoms with Crippen molar-refractivity contribution in [2.75, 3.05) is 0 Å². The molecule has 0 bridgehead atoms. The second kappa shape index (κ2) is 5.96. The van der Waals surface area contributed by atoms with E-state index in [1.54, 1.807) is 6.07 Å². The molecule has 0 radical (unpaired) electrons. The zero-order valence-electron chi connectivity index (χ0n) is 11.8. The van der Waals surface area contributed by atoms with E-state index in [-0.39, 0.29) is 11.9 Å². The van der Waals surface area contributed by atoms with Gasteiger partial charge in [-0.1, -0.05) is 32.1 Å². The van der Waals surface area contributed by atoms with Crippen molar-refractivity contribution in [2.45, 2.75) is 51.0 Å². The van der Waals surface area contributed by atoms with Crippen molar-refractivity contribution in [3.05, 3.63) is 35.8 Å². The minimum atomic E-state index is -0.236. The Bertz CT molecular complexity index is 571. The number of rotatable bonds is 4. The lowest BCUT2D eigenvalue weighted by Gasteiger charge is -2.22. The third kappa shape index (κ3) is 3.04. The molecule has 20 heavy (non-hydrogen) atoms. The van der Waals surface area contributed by atoms with Crippen LogP contribution in [-0.2, 0) is 0 Å². The molecule has 108 valence electrons. The molecule has 1 aliphatic rings. The lowest BCUT2D eigenvalue weighted by Crippen LogP contribution is -2.13. The van der Waals surface area contributed by atoms with Crippen LogP contribution in [0.2, 0.25) is 0 Å². The molecular formula is C17H22FNO. The molecule has 0 saturated heterocycles. The molecule has 2 N–H and O–H groups in total. The van der Waals surface area contributed by atoms with Crippen molar-refractivity contribution in [3.8, 4) is 0 Å². The Balaban J connectivity index is 1.64. The largest absolute Gasteiger partial charge is 0.459 e. The molecule has 3 rings (SSSR count). The topological polar surface area (TPSA) is 39.2 Å². The second-order valence-electron chi connectivity index (χ2n) is 6.02. The van der Waals surface area contributed by atoms with Gasteiger partial charge in [-0.15, -0.1) is 0 Å². The third-order valence-electron chi connectivity index (χ3n) is 4.47. The predicted octanol–water partition coefficient (Wildman–Crippen LogP) is 4.93. The van der Waals surface area contributed by atoms with Gasteiger partial charge in [0.2, 0.25) is 0 Å². The molecule has 0 aliphatic heterocycles. The van der Waals surface area contributed by atoms with Gasteiger partial charge in [-0.25, -0.2) is 4.39 Å². The maximum atomic E-state index is 13.2. The number of hydrogen-bond donors (Lipinski definition) is 1. The smallest absolute Gasteiger partial charge is 0.134 e. The molecule has 1 saturated carbocycles. The van der Waals surface area contributed by atoms with Gasteiger partial charge in [0.25, 0.3) is 0 Å². The summed E-state index contributed by atoms with van der Waals surface area (Å²) in [5.74, 6) is 1.37. The van der Waals surface area contributed by atoms with Gasteiger partial charge >= 0.3 is 0 Å². The predicted molar refractivity (Wildman–Crippen MR) is 78.9 cm³/mol. The second-order valence-corrected chi connectivity index (χ2v) is 6.02. The van der Waals surface area contributed by atoms with E-state index < -0.39 is 0 Å². The third-order valence-corrected chi connectivity index (χ3v) is 4.47. The van der Waals surface area contributed by atoms with Gasteiger partial charge in [0.1, 0.15) is 17.2 Å². The number of nitrogens with two attached hydrogens (primary N) is 1. The highest BCUT2D eigenvalue weighted by atomic mass is 19.1. The van der Waals surface area contributed by atoms with Crippen molar-refractivity contribution in [1.82, 2.24) is 0 Å². The number of hydrogen-bond acceptors (Lipinski definition) is 2. The molecule has 1 atom stereocenters. The average molecular weight is 275 g/mol. The molecule has 1 fully saturated rings. The van der Waals surface area contributed by atoms with Gasteiger partial charge in [-0.2, -0.15) is 0 Å². The molecule has 1 aromatic heterocycles. The first-order valence-corrected chi connectivity index (χ1v) is 7.67. The Hall–Kier alpha value is -1.35. The van der Waals surface area contributed by atoms with Crippen LogP contribution in [0, 0.1) is 11.7 Å². The van der Waals surface area contributed by atoms with E-state index in [4.69, 9.17) is 10.2 Å². The monoisotopic (exact) mass is 275 g/mol. The van der Waals surface area contributed by atoms with Crippen LogP contribution in [-0.4, -0.2) is 0 Å². The van der Waals surface area contributed by atoms with Crippen molar-refractivity contribution in [3.63, 3.8) is 0 Å². The maximum Gasteiger partial charge on any atom is 0.134 e. The Morgan fingerprint density at radius 1 is 1.20 bits per heavy atom. The van der Waals surface area contributed by atoms with Gasteiger partial charge in [-0.3, -0.25) is 0 Å². The fourth-order valence-corrected chi connectivity index (χ4v) is 3.25. The maximum absolute atomic E-state index is 13.2. The van der Waals surface area contributed by atoms with Crippen molar-refractivity contribution in [1.29, 1.82) is 0 Å². The summed E-state index contributed by atoms with van der Waals surface area (Å²) in [5, 5.41) is 0.799. The molecule has 3 heteroatoms. The van der Waals surface area contributed by atoms with Crippen molar-refractivity contribution in [2.24, 2.45) is 11.7 Å². The molecule has 0 amide bonds. The van der Waals surface area contributed by atoms with E-state index in [9.17, 15) is 4.39 Å². The normalized spacial score (nSPS) is 18.5. The summed E-state index contributed by atoms with van der Waals surface area (Å²) in [6.45, 7) is 0. The van der Waals surface area contributed by atoms with Crippen LogP contribution in [0.15, 0.2) is 28.7 Å². The van der Waals surface area contributed by atoms with E-state index in [0.29, 0.717) is 0 Å². The Morgan fingerprint density at radius 3 is 2.80 bits per heavy atom. The summed E-state index contributed by atoms with van der Waals surface area (Å²) in [5.41, 5.74) is 6.94. The van der Waals surface area contributed by atoms with Crippen LogP contribution in [0.3, 0.4) is 0 Å². The molecule has 1 aliphatic carbocycles. The summed E-state index contributed by atoms with van der Waals surface area (Å²) in [6.07, 6.45) is 8.93. The Labute approximate surface area is 119 Å². The highest BCUT2D eigenvalue weighted by Gasteiger charge is 2.17. The van der Waals surface area contributed by atoms with E-state index in [0.717, 1.165) is 29.1 Å². The van der Waals surface area contributed by atoms with Crippen LogP contribution in [0.1, 0.15) is 56.7 Å². The van der Waals surface area contributed by atoms with Crippen LogP contribution in [0.25, 0.3) is 11.0 Å². The summed E-state index contributed by atoms with van der Waals surface area (Å²) in [4.78, 5) is 0. The summed E-state index contributed by atoms with van der Waals surface area (Å²) in [7, 11) is 0.